The van der Waals surface area contributed by atoms with Gasteiger partial charge in [-0.25, -0.2) is 0 Å². The summed E-state index contributed by atoms with van der Waals surface area (Å²) in [6, 6.07) is 23.4. The summed E-state index contributed by atoms with van der Waals surface area (Å²) in [7, 11) is 0. The minimum Gasteiger partial charge on any atom is -0.325 e. The Kier molecular flexibility index (Phi) is 6.42. The van der Waals surface area contributed by atoms with E-state index in [-0.39, 0.29) is 28.8 Å². The molecule has 2 aliphatic heterocycles. The summed E-state index contributed by atoms with van der Waals surface area (Å²) in [5, 5.41) is 3.33. The Morgan fingerprint density at radius 1 is 0.886 bits per heavy atom. The summed E-state index contributed by atoms with van der Waals surface area (Å²) in [5.41, 5.74) is 2.96. The zero-order valence-corrected chi connectivity index (χ0v) is 20.6. The number of fused-ring (bicyclic) bond motifs is 1. The monoisotopic (exact) mass is 519 g/mol. The first-order valence-corrected chi connectivity index (χ1v) is 12.3. The van der Waals surface area contributed by atoms with E-state index in [1.807, 2.05) is 30.3 Å². The fourth-order valence-corrected chi connectivity index (χ4v) is 5.44. The Hall–Kier alpha value is -3.46. The first-order chi connectivity index (χ1) is 16.9. The zero-order chi connectivity index (χ0) is 24.5. The lowest BCUT2D eigenvalue weighted by molar-refractivity contribution is -0.122. The van der Waals surface area contributed by atoms with E-state index in [1.165, 1.54) is 9.80 Å². The smallest absolute Gasteiger partial charge is 0.267 e. The molecule has 3 amide bonds. The van der Waals surface area contributed by atoms with E-state index in [0.29, 0.717) is 32.8 Å². The highest BCUT2D eigenvalue weighted by Gasteiger charge is 2.42. The minimum absolute atomic E-state index is 0.202. The maximum Gasteiger partial charge on any atom is 0.267 e. The average molecular weight is 520 g/mol. The van der Waals surface area contributed by atoms with E-state index >= 15 is 0 Å². The average Bonchev–Trinajstić information content (AvgIpc) is 3.28. The lowest BCUT2D eigenvalue weighted by Gasteiger charge is -2.17. The molecule has 0 bridgehead atoms. The number of thiocarbonyl (C=S) groups is 1. The molecule has 0 spiro atoms. The molecule has 5 rings (SSSR count). The van der Waals surface area contributed by atoms with Crippen LogP contribution < -0.4 is 10.2 Å². The molecule has 2 heterocycles. The molecule has 0 saturated carbocycles. The van der Waals surface area contributed by atoms with Crippen LogP contribution in [0.1, 0.15) is 11.1 Å². The van der Waals surface area contributed by atoms with Crippen molar-refractivity contribution in [1.82, 2.24) is 4.90 Å². The van der Waals surface area contributed by atoms with Crippen LogP contribution in [0.3, 0.4) is 0 Å². The van der Waals surface area contributed by atoms with E-state index in [1.54, 1.807) is 48.5 Å². The molecule has 2 aliphatic rings. The predicted octanol–water partition coefficient (Wildman–Crippen LogP) is 5.10. The van der Waals surface area contributed by atoms with Gasteiger partial charge in [-0.1, -0.05) is 84.1 Å². The number of rotatable bonds is 5. The van der Waals surface area contributed by atoms with Crippen molar-refractivity contribution < 1.29 is 14.4 Å². The van der Waals surface area contributed by atoms with Crippen LogP contribution in [0.2, 0.25) is 5.02 Å². The van der Waals surface area contributed by atoms with Gasteiger partial charge in [-0.3, -0.25) is 24.2 Å². The zero-order valence-electron chi connectivity index (χ0n) is 18.2. The third-order valence-electron chi connectivity index (χ3n) is 5.61. The Balaban J connectivity index is 1.43. The van der Waals surface area contributed by atoms with Crippen molar-refractivity contribution in [3.63, 3.8) is 0 Å². The number of nitrogens with one attached hydrogen (secondary N) is 1. The SMILES string of the molecule is O=C(CN1C(=O)C(=C2SC(=S)N(Cc3ccccc3)C2=O)c2ccccc21)Nc1ccc(Cl)cc1. The first kappa shape index (κ1) is 23.3. The number of amides is 3. The van der Waals surface area contributed by atoms with Gasteiger partial charge in [0.1, 0.15) is 10.9 Å². The largest absolute Gasteiger partial charge is 0.325 e. The molecule has 0 unspecified atom stereocenters. The van der Waals surface area contributed by atoms with E-state index in [0.717, 1.165) is 17.3 Å². The van der Waals surface area contributed by atoms with Gasteiger partial charge in [0.05, 0.1) is 22.7 Å². The van der Waals surface area contributed by atoms with Crippen LogP contribution in [0.25, 0.3) is 5.57 Å². The van der Waals surface area contributed by atoms with Gasteiger partial charge in [0, 0.05) is 16.3 Å². The summed E-state index contributed by atoms with van der Waals surface area (Å²) >= 11 is 12.5. The predicted molar refractivity (Wildman–Crippen MR) is 143 cm³/mol. The number of thioether (sulfide) groups is 1. The second kappa shape index (κ2) is 9.65. The number of carbonyl (C=O) groups excluding carboxylic acids is 3. The van der Waals surface area contributed by atoms with E-state index in [9.17, 15) is 14.4 Å². The van der Waals surface area contributed by atoms with Gasteiger partial charge in [-0.05, 0) is 35.9 Å². The van der Waals surface area contributed by atoms with Gasteiger partial charge in [-0.2, -0.15) is 0 Å². The number of benzene rings is 3. The van der Waals surface area contributed by atoms with Gasteiger partial charge in [0.25, 0.3) is 11.8 Å². The van der Waals surface area contributed by atoms with Crippen LogP contribution in [0.4, 0.5) is 11.4 Å². The topological polar surface area (TPSA) is 69.7 Å². The Labute approximate surface area is 216 Å². The standard InChI is InChI=1S/C26H18ClN3O3S2/c27-17-10-12-18(13-11-17)28-21(31)15-29-20-9-5-4-8-19(20)22(24(29)32)23-25(33)30(26(34)35-23)14-16-6-2-1-3-7-16/h1-13H,14-15H2,(H,28,31). The lowest BCUT2D eigenvalue weighted by atomic mass is 10.1. The number of halogens is 1. The molecule has 0 aliphatic carbocycles. The quantitative estimate of drug-likeness (QED) is 0.375. The lowest BCUT2D eigenvalue weighted by Crippen LogP contribution is -2.35. The fraction of sp³-hybridized carbons (Fsp3) is 0.0769. The molecule has 0 atom stereocenters. The van der Waals surface area contributed by atoms with Crippen LogP contribution in [-0.2, 0) is 20.9 Å². The van der Waals surface area contributed by atoms with Crippen molar-refractivity contribution in [3.8, 4) is 0 Å². The Morgan fingerprint density at radius 3 is 2.31 bits per heavy atom. The molecular weight excluding hydrogens is 502 g/mol. The molecular formula is C26H18ClN3O3S2. The number of hydrogen-bond acceptors (Lipinski definition) is 5. The molecule has 0 radical (unpaired) electrons. The maximum absolute atomic E-state index is 13.5. The first-order valence-electron chi connectivity index (χ1n) is 10.7. The van der Waals surface area contributed by atoms with Crippen LogP contribution in [0, 0.1) is 0 Å². The van der Waals surface area contributed by atoms with Gasteiger partial charge in [0.2, 0.25) is 5.91 Å². The van der Waals surface area contributed by atoms with E-state index in [2.05, 4.69) is 5.32 Å². The van der Waals surface area contributed by atoms with Gasteiger partial charge < -0.3 is 5.32 Å². The van der Waals surface area contributed by atoms with E-state index < -0.39 is 5.91 Å². The maximum atomic E-state index is 13.5. The summed E-state index contributed by atoms with van der Waals surface area (Å²) < 4.78 is 0.394. The number of para-hydroxylation sites is 1. The molecule has 9 heteroatoms. The third kappa shape index (κ3) is 4.60. The molecule has 0 aromatic heterocycles. The van der Waals surface area contributed by atoms with Crippen molar-refractivity contribution in [2.24, 2.45) is 0 Å². The highest BCUT2D eigenvalue weighted by Crippen LogP contribution is 2.44. The van der Waals surface area contributed by atoms with Crippen molar-refractivity contribution in [3.05, 3.63) is 99.9 Å². The van der Waals surface area contributed by atoms with Crippen LogP contribution in [-0.4, -0.2) is 33.5 Å². The summed E-state index contributed by atoms with van der Waals surface area (Å²) in [4.78, 5) is 42.8. The summed E-state index contributed by atoms with van der Waals surface area (Å²) in [5.74, 6) is -1.08. The van der Waals surface area contributed by atoms with Crippen molar-refractivity contribution in [2.45, 2.75) is 6.54 Å². The van der Waals surface area contributed by atoms with Crippen LogP contribution in [0.15, 0.2) is 83.8 Å². The van der Waals surface area contributed by atoms with Gasteiger partial charge in [0.15, 0.2) is 0 Å². The minimum atomic E-state index is -0.405. The van der Waals surface area contributed by atoms with Crippen molar-refractivity contribution in [2.75, 3.05) is 16.8 Å². The van der Waals surface area contributed by atoms with Crippen LogP contribution >= 0.6 is 35.6 Å². The number of carbonyl (C=O) groups is 3. The second-order valence-corrected chi connectivity index (χ2v) is 9.99. The Morgan fingerprint density at radius 2 is 1.57 bits per heavy atom. The van der Waals surface area contributed by atoms with Crippen molar-refractivity contribution in [1.29, 1.82) is 0 Å². The molecule has 6 nitrogen and oxygen atoms in total. The van der Waals surface area contributed by atoms with Gasteiger partial charge >= 0.3 is 0 Å². The Bertz CT molecular complexity index is 1390. The molecule has 3 aromatic rings. The van der Waals surface area contributed by atoms with Crippen molar-refractivity contribution >= 4 is 74.6 Å². The normalized spacial score (nSPS) is 17.2. The number of hydrogen-bond donors (Lipinski definition) is 1. The highest BCUT2D eigenvalue weighted by molar-refractivity contribution is 8.26. The van der Waals surface area contributed by atoms with E-state index in [4.69, 9.17) is 23.8 Å². The van der Waals surface area contributed by atoms with Crippen LogP contribution in [0.5, 0.6) is 0 Å². The summed E-state index contributed by atoms with van der Waals surface area (Å²) in [6.45, 7) is 0.123. The molecule has 1 saturated heterocycles. The third-order valence-corrected chi connectivity index (χ3v) is 7.31. The molecule has 3 aromatic carbocycles. The number of nitrogens with zero attached hydrogens (tertiary/aromatic N) is 2. The number of anilines is 2. The second-order valence-electron chi connectivity index (χ2n) is 7.91. The summed E-state index contributed by atoms with van der Waals surface area (Å²) in [6.07, 6.45) is 0. The highest BCUT2D eigenvalue weighted by atomic mass is 35.5. The molecule has 1 fully saturated rings. The van der Waals surface area contributed by atoms with Gasteiger partial charge in [-0.15, -0.1) is 0 Å². The molecule has 174 valence electrons. The molecule has 35 heavy (non-hydrogen) atoms. The molecule has 1 N–H and O–H groups in total. The fourth-order valence-electron chi connectivity index (χ4n) is 3.99.